The number of rotatable bonds is 7. The van der Waals surface area contributed by atoms with E-state index in [-0.39, 0.29) is 17.3 Å². The van der Waals surface area contributed by atoms with Crippen LogP contribution in [0.15, 0.2) is 54.0 Å². The number of hydrogen-bond donors (Lipinski definition) is 1. The highest BCUT2D eigenvalue weighted by atomic mass is 32.1. The van der Waals surface area contributed by atoms with Gasteiger partial charge in [-0.1, -0.05) is 13.0 Å². The molecule has 0 bridgehead atoms. The molecule has 9 nitrogen and oxygen atoms in total. The van der Waals surface area contributed by atoms with Gasteiger partial charge in [-0.25, -0.2) is 18.7 Å². The van der Waals surface area contributed by atoms with Crippen molar-refractivity contribution in [3.8, 4) is 39.2 Å². The summed E-state index contributed by atoms with van der Waals surface area (Å²) in [6.45, 7) is 8.03. The summed E-state index contributed by atoms with van der Waals surface area (Å²) in [5, 5.41) is 21.2. The second-order valence-electron chi connectivity index (χ2n) is 12.0. The summed E-state index contributed by atoms with van der Waals surface area (Å²) >= 11 is 1.27. The van der Waals surface area contributed by atoms with Gasteiger partial charge in [0, 0.05) is 67.5 Å². The fourth-order valence-electron chi connectivity index (χ4n) is 6.38. The van der Waals surface area contributed by atoms with E-state index in [0.717, 1.165) is 54.5 Å². The Morgan fingerprint density at radius 2 is 1.79 bits per heavy atom. The highest BCUT2D eigenvalue weighted by molar-refractivity contribution is 7.13. The minimum atomic E-state index is -0.500. The standard InChI is InChI=1S/C35H33F2N7O2S/c1-3-29-34(26-7-8-28(33(37)21(26)2)35-40-30(20-47-35)27-6-4-23(36)14-22(27)15-38)44-16-24(5-9-31(44)39-29)42-12-10-41(11-13-42)19-32(46)43-17-25(45)18-43/h4-9,14,16,20,25,45H,3,10-13,17-19H2,1-2H3. The van der Waals surface area contributed by atoms with E-state index in [4.69, 9.17) is 4.98 Å². The van der Waals surface area contributed by atoms with Gasteiger partial charge in [0.2, 0.25) is 5.91 Å². The molecule has 12 heteroatoms. The molecule has 2 aliphatic heterocycles. The molecule has 0 aliphatic carbocycles. The van der Waals surface area contributed by atoms with Crippen molar-refractivity contribution < 1.29 is 18.7 Å². The second-order valence-corrected chi connectivity index (χ2v) is 12.9. The number of piperazine rings is 1. The molecule has 240 valence electrons. The fourth-order valence-corrected chi connectivity index (χ4v) is 7.21. The van der Waals surface area contributed by atoms with E-state index >= 15 is 4.39 Å². The molecule has 2 fully saturated rings. The number of nitrogens with zero attached hydrogens (tertiary/aromatic N) is 7. The van der Waals surface area contributed by atoms with Gasteiger partial charge in [-0.15, -0.1) is 11.3 Å². The summed E-state index contributed by atoms with van der Waals surface area (Å²) in [5.41, 5.74) is 6.27. The first-order valence-corrected chi connectivity index (χ1v) is 16.5. The van der Waals surface area contributed by atoms with Crippen molar-refractivity contribution in [3.05, 3.63) is 82.5 Å². The van der Waals surface area contributed by atoms with Crippen molar-refractivity contribution in [3.63, 3.8) is 0 Å². The topological polar surface area (TPSA) is 101 Å². The number of imidazole rings is 1. The lowest BCUT2D eigenvalue weighted by Crippen LogP contribution is -2.57. The smallest absolute Gasteiger partial charge is 0.236 e. The fraction of sp³-hybridized carbons (Fsp3) is 0.314. The van der Waals surface area contributed by atoms with E-state index in [2.05, 4.69) is 27.0 Å². The average Bonchev–Trinajstić information content (AvgIpc) is 3.69. The van der Waals surface area contributed by atoms with Gasteiger partial charge in [0.15, 0.2) is 0 Å². The van der Waals surface area contributed by atoms with Crippen molar-refractivity contribution >= 4 is 28.6 Å². The van der Waals surface area contributed by atoms with Crippen LogP contribution in [0, 0.1) is 29.9 Å². The Hall–Kier alpha value is -4.70. The summed E-state index contributed by atoms with van der Waals surface area (Å²) in [7, 11) is 0. The number of benzene rings is 2. The molecule has 0 radical (unpaired) electrons. The number of aromatic nitrogens is 3. The molecule has 5 heterocycles. The van der Waals surface area contributed by atoms with Crippen LogP contribution >= 0.6 is 11.3 Å². The molecule has 1 N–H and O–H groups in total. The molecule has 2 aliphatic rings. The molecule has 7 rings (SSSR count). The number of aliphatic hydroxyl groups excluding tert-OH is 1. The largest absolute Gasteiger partial charge is 0.389 e. The summed E-state index contributed by atoms with van der Waals surface area (Å²) in [4.78, 5) is 28.1. The number of β-amino-alcohol motifs (C(OH)–C–C–N with tert-alkyl or cyclic N) is 1. The molecule has 5 aromatic rings. The number of carbonyl (C=O) groups excluding carboxylic acids is 1. The summed E-state index contributed by atoms with van der Waals surface area (Å²) in [6, 6.07) is 13.7. The number of carbonyl (C=O) groups is 1. The number of hydrogen-bond acceptors (Lipinski definition) is 8. The predicted molar refractivity (Wildman–Crippen MR) is 177 cm³/mol. The van der Waals surface area contributed by atoms with E-state index < -0.39 is 11.9 Å². The number of fused-ring (bicyclic) bond motifs is 1. The number of pyridine rings is 1. The predicted octanol–water partition coefficient (Wildman–Crippen LogP) is 5.14. The van der Waals surface area contributed by atoms with Gasteiger partial charge in [0.05, 0.1) is 47.1 Å². The van der Waals surface area contributed by atoms with Crippen LogP contribution in [0.2, 0.25) is 0 Å². The van der Waals surface area contributed by atoms with Gasteiger partial charge >= 0.3 is 0 Å². The SMILES string of the molecule is CCc1nc2ccc(N3CCN(CC(=O)N4CC(O)C4)CC3)cn2c1-c1ccc(-c2nc(-c3ccc(F)cc3C#N)cs2)c(F)c1C. The Balaban J connectivity index is 1.15. The van der Waals surface area contributed by atoms with Gasteiger partial charge in [-0.05, 0) is 55.3 Å². The lowest BCUT2D eigenvalue weighted by molar-refractivity contribution is -0.142. The van der Waals surface area contributed by atoms with E-state index in [9.17, 15) is 19.6 Å². The maximum absolute atomic E-state index is 16.2. The van der Waals surface area contributed by atoms with Crippen molar-refractivity contribution in [2.75, 3.05) is 50.7 Å². The summed E-state index contributed by atoms with van der Waals surface area (Å²) in [6.07, 6.45) is 2.34. The number of nitriles is 1. The third kappa shape index (κ3) is 5.75. The zero-order valence-electron chi connectivity index (χ0n) is 26.1. The molecule has 1 amide bonds. The van der Waals surface area contributed by atoms with Crippen LogP contribution in [-0.2, 0) is 11.2 Å². The lowest BCUT2D eigenvalue weighted by atomic mass is 9.99. The van der Waals surface area contributed by atoms with E-state index in [1.165, 1.54) is 29.5 Å². The van der Waals surface area contributed by atoms with Crippen LogP contribution in [0.4, 0.5) is 14.5 Å². The molecule has 3 aromatic heterocycles. The Morgan fingerprint density at radius 3 is 2.51 bits per heavy atom. The van der Waals surface area contributed by atoms with Crippen LogP contribution in [0.25, 0.3) is 38.7 Å². The molecule has 0 atom stereocenters. The number of halogens is 2. The quantitative estimate of drug-likeness (QED) is 0.260. The molecular weight excluding hydrogens is 620 g/mol. The summed E-state index contributed by atoms with van der Waals surface area (Å²) in [5.74, 6) is -0.820. The number of likely N-dealkylation sites (tertiary alicyclic amines) is 1. The van der Waals surface area contributed by atoms with Gasteiger partial charge in [0.25, 0.3) is 0 Å². The second kappa shape index (κ2) is 12.5. The highest BCUT2D eigenvalue weighted by Crippen LogP contribution is 2.37. The highest BCUT2D eigenvalue weighted by Gasteiger charge is 2.30. The third-order valence-electron chi connectivity index (χ3n) is 9.08. The van der Waals surface area contributed by atoms with E-state index in [1.54, 1.807) is 23.3 Å². The van der Waals surface area contributed by atoms with Gasteiger partial charge in [-0.3, -0.25) is 14.1 Å². The Kier molecular flexibility index (Phi) is 8.21. The van der Waals surface area contributed by atoms with Crippen molar-refractivity contribution in [2.45, 2.75) is 26.4 Å². The number of amides is 1. The molecular formula is C35H33F2N7O2S. The van der Waals surface area contributed by atoms with Crippen LogP contribution < -0.4 is 4.90 Å². The minimum Gasteiger partial charge on any atom is -0.389 e. The van der Waals surface area contributed by atoms with Crippen LogP contribution in [0.5, 0.6) is 0 Å². The molecule has 0 spiro atoms. The first-order valence-electron chi connectivity index (χ1n) is 15.6. The maximum atomic E-state index is 16.2. The Bertz CT molecular complexity index is 2040. The van der Waals surface area contributed by atoms with Crippen LogP contribution in [0.3, 0.4) is 0 Å². The van der Waals surface area contributed by atoms with Crippen molar-refractivity contribution in [1.82, 2.24) is 24.2 Å². The third-order valence-corrected chi connectivity index (χ3v) is 9.95. The van der Waals surface area contributed by atoms with Gasteiger partial charge in [0.1, 0.15) is 22.3 Å². The molecule has 0 unspecified atom stereocenters. The van der Waals surface area contributed by atoms with Gasteiger partial charge < -0.3 is 14.9 Å². The van der Waals surface area contributed by atoms with Crippen LogP contribution in [0.1, 0.15) is 23.7 Å². The summed E-state index contributed by atoms with van der Waals surface area (Å²) < 4.78 is 31.9. The first kappa shape index (κ1) is 30.9. The normalized spacial score (nSPS) is 15.7. The molecule has 2 saturated heterocycles. The van der Waals surface area contributed by atoms with Crippen molar-refractivity contribution in [1.29, 1.82) is 5.26 Å². The van der Waals surface area contributed by atoms with Crippen molar-refractivity contribution in [2.24, 2.45) is 0 Å². The van der Waals surface area contributed by atoms with E-state index in [0.29, 0.717) is 53.4 Å². The molecule has 47 heavy (non-hydrogen) atoms. The minimum absolute atomic E-state index is 0.0604. The Labute approximate surface area is 274 Å². The van der Waals surface area contributed by atoms with Gasteiger partial charge in [-0.2, -0.15) is 5.26 Å². The Morgan fingerprint density at radius 1 is 1.04 bits per heavy atom. The number of aryl methyl sites for hydroxylation is 1. The number of aliphatic hydroxyl groups is 1. The average molecular weight is 654 g/mol. The van der Waals surface area contributed by atoms with E-state index in [1.807, 2.05) is 29.5 Å². The zero-order chi connectivity index (χ0) is 32.8. The maximum Gasteiger partial charge on any atom is 0.236 e. The number of anilines is 1. The van der Waals surface area contributed by atoms with Crippen LogP contribution in [-0.4, -0.2) is 87.1 Å². The molecule has 0 saturated carbocycles. The first-order chi connectivity index (χ1) is 22.7. The zero-order valence-corrected chi connectivity index (χ0v) is 26.9. The monoisotopic (exact) mass is 653 g/mol. The lowest BCUT2D eigenvalue weighted by Gasteiger charge is -2.39. The molecule has 2 aromatic carbocycles. The number of thiazole rings is 1.